The summed E-state index contributed by atoms with van der Waals surface area (Å²) in [5.41, 5.74) is 7.75. The van der Waals surface area contributed by atoms with E-state index in [-0.39, 0.29) is 12.3 Å². The molecular weight excluding hydrogens is 398 g/mol. The number of carbonyl (C=O) groups is 1. The van der Waals surface area contributed by atoms with Gasteiger partial charge in [-0.15, -0.1) is 0 Å². The summed E-state index contributed by atoms with van der Waals surface area (Å²) < 4.78 is 5.56. The third-order valence-electron chi connectivity index (χ3n) is 6.00. The Kier molecular flexibility index (Phi) is 6.86. The molecule has 1 aliphatic rings. The minimum atomic E-state index is -0.0222. The molecule has 2 heterocycles. The molecule has 1 aromatic heterocycles. The van der Waals surface area contributed by atoms with Crippen LogP contribution in [0.5, 0.6) is 0 Å². The Morgan fingerprint density at radius 3 is 2.62 bits per heavy atom. The molecule has 1 N–H and O–H groups in total. The Hall–Kier alpha value is -3.18. The number of ether oxygens (including phenoxy) is 1. The normalized spacial score (nSPS) is 16.1. The highest BCUT2D eigenvalue weighted by Gasteiger charge is 2.19. The SMILES string of the molecule is Cc1ccc(CNC(=O)Cc2ccc(-c3ccc(N4CCOC[C@@H]4C)cc3C)cn2)cc1. The van der Waals surface area contributed by atoms with Crippen LogP contribution in [0.15, 0.2) is 60.8 Å². The van der Waals surface area contributed by atoms with Gasteiger partial charge in [0, 0.05) is 42.3 Å². The van der Waals surface area contributed by atoms with Gasteiger partial charge in [-0.2, -0.15) is 0 Å². The summed E-state index contributed by atoms with van der Waals surface area (Å²) >= 11 is 0. The molecule has 1 aliphatic heterocycles. The van der Waals surface area contributed by atoms with Gasteiger partial charge in [0.05, 0.1) is 19.6 Å². The number of nitrogens with one attached hydrogen (secondary N) is 1. The van der Waals surface area contributed by atoms with Gasteiger partial charge in [-0.05, 0) is 55.7 Å². The fraction of sp³-hybridized carbons (Fsp3) is 0.333. The standard InChI is InChI=1S/C27H31N3O2/c1-19-4-6-22(7-5-19)16-29-27(31)15-24-9-8-23(17-28-24)26-11-10-25(14-20(26)2)30-12-13-32-18-21(30)3/h4-11,14,17,21H,12-13,15-16,18H2,1-3H3,(H,29,31)/t21-/m0/s1. The number of benzene rings is 2. The number of anilines is 1. The third-order valence-corrected chi connectivity index (χ3v) is 6.00. The molecule has 0 unspecified atom stereocenters. The molecule has 32 heavy (non-hydrogen) atoms. The van der Waals surface area contributed by atoms with Crippen molar-refractivity contribution in [1.29, 1.82) is 0 Å². The first-order chi connectivity index (χ1) is 15.5. The van der Waals surface area contributed by atoms with E-state index in [4.69, 9.17) is 4.74 Å². The zero-order valence-corrected chi connectivity index (χ0v) is 19.1. The maximum Gasteiger partial charge on any atom is 0.226 e. The van der Waals surface area contributed by atoms with Crippen molar-refractivity contribution in [2.45, 2.75) is 39.8 Å². The Morgan fingerprint density at radius 1 is 1.12 bits per heavy atom. The largest absolute Gasteiger partial charge is 0.377 e. The van der Waals surface area contributed by atoms with Gasteiger partial charge in [0.25, 0.3) is 0 Å². The number of hydrogen-bond donors (Lipinski definition) is 1. The number of hydrogen-bond acceptors (Lipinski definition) is 4. The second-order valence-electron chi connectivity index (χ2n) is 8.59. The topological polar surface area (TPSA) is 54.5 Å². The molecule has 1 atom stereocenters. The molecule has 5 nitrogen and oxygen atoms in total. The summed E-state index contributed by atoms with van der Waals surface area (Å²) in [6.45, 7) is 9.38. The molecule has 1 saturated heterocycles. The summed E-state index contributed by atoms with van der Waals surface area (Å²) in [5.74, 6) is -0.0222. The van der Waals surface area contributed by atoms with Crippen molar-refractivity contribution in [2.24, 2.45) is 0 Å². The second kappa shape index (κ2) is 9.96. The van der Waals surface area contributed by atoms with Crippen molar-refractivity contribution < 1.29 is 9.53 Å². The summed E-state index contributed by atoms with van der Waals surface area (Å²) in [6, 6.07) is 19.1. The highest BCUT2D eigenvalue weighted by molar-refractivity contribution is 5.78. The third kappa shape index (κ3) is 5.35. The van der Waals surface area contributed by atoms with Crippen LogP contribution in [0.1, 0.15) is 29.3 Å². The van der Waals surface area contributed by atoms with E-state index in [2.05, 4.69) is 72.4 Å². The van der Waals surface area contributed by atoms with Gasteiger partial charge in [0.1, 0.15) is 0 Å². The molecule has 166 valence electrons. The van der Waals surface area contributed by atoms with Crippen LogP contribution in [0.3, 0.4) is 0 Å². The molecule has 4 rings (SSSR count). The van der Waals surface area contributed by atoms with Gasteiger partial charge in [-0.3, -0.25) is 9.78 Å². The van der Waals surface area contributed by atoms with E-state index in [0.29, 0.717) is 12.6 Å². The predicted molar refractivity (Wildman–Crippen MR) is 129 cm³/mol. The van der Waals surface area contributed by atoms with Crippen molar-refractivity contribution in [3.8, 4) is 11.1 Å². The predicted octanol–water partition coefficient (Wildman–Crippen LogP) is 4.45. The highest BCUT2D eigenvalue weighted by atomic mass is 16.5. The molecule has 2 aromatic carbocycles. The van der Waals surface area contributed by atoms with Crippen LogP contribution in [0.4, 0.5) is 5.69 Å². The zero-order valence-electron chi connectivity index (χ0n) is 19.1. The minimum Gasteiger partial charge on any atom is -0.377 e. The van der Waals surface area contributed by atoms with E-state index in [0.717, 1.165) is 42.1 Å². The maximum absolute atomic E-state index is 12.3. The van der Waals surface area contributed by atoms with Gasteiger partial charge in [0.15, 0.2) is 0 Å². The lowest BCUT2D eigenvalue weighted by Crippen LogP contribution is -2.43. The molecule has 5 heteroatoms. The monoisotopic (exact) mass is 429 g/mol. The Balaban J connectivity index is 1.37. The number of nitrogens with zero attached hydrogens (tertiary/aromatic N) is 2. The van der Waals surface area contributed by atoms with E-state index >= 15 is 0 Å². The molecule has 1 amide bonds. The van der Waals surface area contributed by atoms with Crippen LogP contribution < -0.4 is 10.2 Å². The van der Waals surface area contributed by atoms with E-state index in [1.54, 1.807) is 0 Å². The van der Waals surface area contributed by atoms with E-state index in [1.165, 1.54) is 16.8 Å². The molecule has 0 spiro atoms. The Labute approximate surface area is 190 Å². The Morgan fingerprint density at radius 2 is 1.94 bits per heavy atom. The molecule has 1 fully saturated rings. The lowest BCUT2D eigenvalue weighted by Gasteiger charge is -2.35. The summed E-state index contributed by atoms with van der Waals surface area (Å²) in [7, 11) is 0. The maximum atomic E-state index is 12.3. The van der Waals surface area contributed by atoms with Crippen LogP contribution in [-0.4, -0.2) is 36.7 Å². The van der Waals surface area contributed by atoms with E-state index < -0.39 is 0 Å². The molecule has 0 aliphatic carbocycles. The summed E-state index contributed by atoms with van der Waals surface area (Å²) in [6.07, 6.45) is 2.14. The Bertz CT molecular complexity index is 1060. The zero-order chi connectivity index (χ0) is 22.5. The van der Waals surface area contributed by atoms with Gasteiger partial charge in [0.2, 0.25) is 5.91 Å². The smallest absolute Gasteiger partial charge is 0.226 e. The van der Waals surface area contributed by atoms with Gasteiger partial charge in [-0.25, -0.2) is 0 Å². The van der Waals surface area contributed by atoms with E-state index in [1.807, 2.05) is 24.4 Å². The fourth-order valence-electron chi connectivity index (χ4n) is 4.08. The van der Waals surface area contributed by atoms with Crippen LogP contribution in [0.2, 0.25) is 0 Å². The second-order valence-corrected chi connectivity index (χ2v) is 8.59. The van der Waals surface area contributed by atoms with Gasteiger partial charge >= 0.3 is 0 Å². The molecule has 3 aromatic rings. The molecule has 0 bridgehead atoms. The number of morpholine rings is 1. The lowest BCUT2D eigenvalue weighted by molar-refractivity contribution is -0.120. The van der Waals surface area contributed by atoms with Crippen LogP contribution in [0.25, 0.3) is 11.1 Å². The first kappa shape index (κ1) is 22.0. The van der Waals surface area contributed by atoms with Crippen molar-refractivity contribution in [1.82, 2.24) is 10.3 Å². The summed E-state index contributed by atoms with van der Waals surface area (Å²) in [5, 5.41) is 2.97. The number of rotatable bonds is 6. The molecular formula is C27H31N3O2. The quantitative estimate of drug-likeness (QED) is 0.629. The first-order valence-electron chi connectivity index (χ1n) is 11.2. The fourth-order valence-corrected chi connectivity index (χ4v) is 4.08. The van der Waals surface area contributed by atoms with Crippen molar-refractivity contribution >= 4 is 11.6 Å². The van der Waals surface area contributed by atoms with Crippen LogP contribution >= 0.6 is 0 Å². The number of carbonyl (C=O) groups excluding carboxylic acids is 1. The molecule has 0 saturated carbocycles. The van der Waals surface area contributed by atoms with Crippen molar-refractivity contribution in [3.63, 3.8) is 0 Å². The number of amides is 1. The average Bonchev–Trinajstić information content (AvgIpc) is 2.80. The van der Waals surface area contributed by atoms with Gasteiger partial charge < -0.3 is 15.0 Å². The minimum absolute atomic E-state index is 0.0222. The van der Waals surface area contributed by atoms with Gasteiger partial charge in [-0.1, -0.05) is 42.0 Å². The number of aromatic nitrogens is 1. The van der Waals surface area contributed by atoms with Crippen LogP contribution in [-0.2, 0) is 22.5 Å². The number of pyridine rings is 1. The number of aryl methyl sites for hydroxylation is 2. The first-order valence-corrected chi connectivity index (χ1v) is 11.2. The summed E-state index contributed by atoms with van der Waals surface area (Å²) in [4.78, 5) is 19.3. The highest BCUT2D eigenvalue weighted by Crippen LogP contribution is 2.28. The average molecular weight is 430 g/mol. The lowest BCUT2D eigenvalue weighted by atomic mass is 10.00. The molecule has 0 radical (unpaired) electrons. The van der Waals surface area contributed by atoms with Crippen molar-refractivity contribution in [2.75, 3.05) is 24.7 Å². The van der Waals surface area contributed by atoms with Crippen LogP contribution in [0, 0.1) is 13.8 Å². The van der Waals surface area contributed by atoms with E-state index in [9.17, 15) is 4.79 Å². The van der Waals surface area contributed by atoms with Crippen molar-refractivity contribution in [3.05, 3.63) is 83.2 Å².